The van der Waals surface area contributed by atoms with Gasteiger partial charge in [-0.1, -0.05) is 168 Å². The van der Waals surface area contributed by atoms with Crippen molar-refractivity contribution in [1.82, 2.24) is 9.97 Å². The molecule has 8 unspecified atom stereocenters. The lowest BCUT2D eigenvalue weighted by Crippen LogP contribution is -2.51. The first-order valence-electron chi connectivity index (χ1n) is 45.2. The number of aromatic nitrogens is 2. The smallest absolute Gasteiger partial charge is 0.302 e. The summed E-state index contributed by atoms with van der Waals surface area (Å²) in [4.78, 5) is 55.8. The lowest BCUT2D eigenvalue weighted by atomic mass is 9.49. The number of esters is 3. The fraction of sp³-hybridized carbons (Fsp3) is 0.743. The van der Waals surface area contributed by atoms with Crippen molar-refractivity contribution < 1.29 is 48.7 Å². The van der Waals surface area contributed by atoms with Gasteiger partial charge in [0.15, 0.2) is 0 Å². The molecule has 12 saturated carbocycles. The Balaban J connectivity index is 0.000000149. The van der Waals surface area contributed by atoms with Gasteiger partial charge in [-0.3, -0.25) is 24.4 Å². The molecule has 113 heavy (non-hydrogen) atoms. The standard InChI is InChI=1S/C29H41NO2.C26H37NO2.C23H38O3.C23H36O3/c1-20-13-15-29(5,23(18-20)10-11-24-8-6-7-17-30-24)27-14-16-28(4)21(2)9-12-26(28)25(27)19-32-22(3)31;1-18-7-10-23-22(17-28)24(12-14-25(18,23)2)26(3)13-11-21(29)16-19(26)8-9-20-6-4-5-15-27-20;2*1-15-8-10-23(5,18(12-15)13-24)21-9-11-22(4)16(2)6-7-20(22)19(21)14-26-17(3)25/h6-8,10-11,17,20,23,25-27H,2,9,12-16,18-19H2,1,3-5H3;4-6,8-9,15,19,21-24,28-29H,1,7,10-14,16-17H2,2-3H3;15,18-21,24H,2,6-14H2,1,3-5H3;13,15,18-21H,2,6-12,14H2,1,3-5H3/b11-10+;9-8+;;/t20-,23-,25-,26?,27?,28+,29-;19-,21-,22-,23?,24?,25+,26-;2*15-,18+,19-,20?,21?,22+,23-/m0000/s1. The van der Waals surface area contributed by atoms with Gasteiger partial charge in [0.25, 0.3) is 0 Å². The number of allylic oxidation sites excluding steroid dienone is 6. The molecule has 12 aliphatic carbocycles. The molecule has 2 aromatic heterocycles. The lowest BCUT2D eigenvalue weighted by Gasteiger charge is -2.56. The SMILES string of the molecule is C=C1CCC2[C@H](CO)C([C@@]3(C)CC[C@H](O)C[C@@H]3/C=C/c3ccccn3)CC[C@]12C.C=C1CCC2[C@H](COC(C)=O)C([C@@]3(C)CC[C@H](C)C[C@@H]3/C=C/c3ccccn3)CC[C@]12C.C=C1CCC2[C@H](COC(C)=O)C([C@@]3(C)CC[C@H](C)C[C@@H]3C=O)CC[C@]12C.C=C1CCC2[C@H](COC(C)=O)C([C@@]3(C)CC[C@H](C)C[C@@H]3CO)CC[C@]12C. The largest absolute Gasteiger partial charge is 0.466 e. The zero-order chi connectivity index (χ0) is 81.8. The van der Waals surface area contributed by atoms with Crippen molar-refractivity contribution in [2.45, 2.75) is 283 Å². The summed E-state index contributed by atoms with van der Waals surface area (Å²) in [5.41, 5.74) is 8.89. The Hall–Kier alpha value is -5.30. The number of nitrogens with zero attached hydrogens (tertiary/aromatic N) is 2. The fourth-order valence-electron chi connectivity index (χ4n) is 28.1. The first-order chi connectivity index (χ1) is 53.6. The minimum Gasteiger partial charge on any atom is -0.466 e. The zero-order valence-electron chi connectivity index (χ0n) is 72.8. The summed E-state index contributed by atoms with van der Waals surface area (Å²) in [6.45, 7) is 50.6. The van der Waals surface area contributed by atoms with Crippen molar-refractivity contribution in [3.05, 3.63) is 121 Å². The van der Waals surface area contributed by atoms with Gasteiger partial charge >= 0.3 is 17.9 Å². The molecule has 12 fully saturated rings. The first-order valence-corrected chi connectivity index (χ1v) is 45.2. The molecule has 0 saturated heterocycles. The second kappa shape index (κ2) is 36.5. The van der Waals surface area contributed by atoms with Crippen LogP contribution in [0.4, 0.5) is 0 Å². The molecule has 12 heteroatoms. The molecule has 3 N–H and O–H groups in total. The Morgan fingerprint density at radius 3 is 1.10 bits per heavy atom. The molecule has 12 nitrogen and oxygen atoms in total. The maximum Gasteiger partial charge on any atom is 0.302 e. The minimum absolute atomic E-state index is 0.0321. The van der Waals surface area contributed by atoms with Gasteiger partial charge in [0.2, 0.25) is 0 Å². The van der Waals surface area contributed by atoms with Gasteiger partial charge in [-0.2, -0.15) is 0 Å². The van der Waals surface area contributed by atoms with Crippen molar-refractivity contribution >= 4 is 36.3 Å². The number of carbonyl (C=O) groups excluding carboxylic acids is 4. The number of aldehydes is 1. The van der Waals surface area contributed by atoms with E-state index in [1.54, 1.807) is 6.92 Å². The normalized spacial score (nSPS) is 43.4. The van der Waals surface area contributed by atoms with Gasteiger partial charge in [0, 0.05) is 70.1 Å². The van der Waals surface area contributed by atoms with Crippen LogP contribution in [0.1, 0.15) is 288 Å². The third kappa shape index (κ3) is 18.2. The van der Waals surface area contributed by atoms with E-state index in [0.717, 1.165) is 107 Å². The van der Waals surface area contributed by atoms with Gasteiger partial charge in [0.1, 0.15) is 6.29 Å². The predicted octanol–water partition coefficient (Wildman–Crippen LogP) is 22.5. The quantitative estimate of drug-likeness (QED) is 0.0591. The van der Waals surface area contributed by atoms with Gasteiger partial charge in [-0.15, -0.1) is 0 Å². The van der Waals surface area contributed by atoms with Crippen LogP contribution in [0.15, 0.2) is 110 Å². The van der Waals surface area contributed by atoms with E-state index in [2.05, 4.69) is 149 Å². The van der Waals surface area contributed by atoms with E-state index < -0.39 is 0 Å². The molecule has 0 aromatic carbocycles. The number of hydrogen-bond donors (Lipinski definition) is 3. The van der Waals surface area contributed by atoms with E-state index in [9.17, 15) is 34.5 Å². The summed E-state index contributed by atoms with van der Waals surface area (Å²) in [6, 6.07) is 12.1. The van der Waals surface area contributed by atoms with Crippen molar-refractivity contribution in [3.63, 3.8) is 0 Å². The second-order valence-electron chi connectivity index (χ2n) is 41.6. The number of fused-ring (bicyclic) bond motifs is 4. The Bertz CT molecular complexity index is 3700. The van der Waals surface area contributed by atoms with Gasteiger partial charge in [0.05, 0.1) is 37.3 Å². The van der Waals surface area contributed by atoms with Crippen molar-refractivity contribution in [2.75, 3.05) is 33.0 Å². The average molecular weight is 1550 g/mol. The van der Waals surface area contributed by atoms with E-state index in [-0.39, 0.29) is 86.5 Å². The molecule has 0 aliphatic heterocycles. The third-order valence-electron chi connectivity index (χ3n) is 35.9. The van der Waals surface area contributed by atoms with Crippen LogP contribution < -0.4 is 0 Å². The second-order valence-corrected chi connectivity index (χ2v) is 41.6. The molecule has 14 rings (SSSR count). The molecule has 626 valence electrons. The summed E-state index contributed by atoms with van der Waals surface area (Å²) in [5.74, 6) is 8.60. The van der Waals surface area contributed by atoms with E-state index in [1.807, 2.05) is 36.7 Å². The van der Waals surface area contributed by atoms with Crippen LogP contribution in [0.25, 0.3) is 12.2 Å². The highest BCUT2D eigenvalue weighted by Gasteiger charge is 2.62. The third-order valence-corrected chi connectivity index (χ3v) is 35.9. The molecular weight excluding hydrogens is 1400 g/mol. The van der Waals surface area contributed by atoms with Crippen molar-refractivity contribution in [2.24, 2.45) is 156 Å². The molecule has 2 heterocycles. The Morgan fingerprint density at radius 2 is 0.743 bits per heavy atom. The highest BCUT2D eigenvalue weighted by Crippen LogP contribution is 2.69. The number of rotatable bonds is 17. The van der Waals surface area contributed by atoms with Crippen LogP contribution in [-0.4, -0.2) is 88.6 Å². The summed E-state index contributed by atoms with van der Waals surface area (Å²) in [6.07, 6.45) is 45.7. The molecule has 0 bridgehead atoms. The first kappa shape index (κ1) is 88.5. The average Bonchev–Trinajstić information content (AvgIpc) is 1.70. The minimum atomic E-state index is -0.228. The van der Waals surface area contributed by atoms with Crippen molar-refractivity contribution in [3.8, 4) is 0 Å². The maximum atomic E-state index is 12.0. The van der Waals surface area contributed by atoms with Crippen LogP contribution in [0.5, 0.6) is 0 Å². The van der Waals surface area contributed by atoms with Crippen LogP contribution in [0.2, 0.25) is 0 Å². The number of carbonyl (C=O) groups is 4. The summed E-state index contributed by atoms with van der Waals surface area (Å²) >= 11 is 0. The number of hydrogen-bond acceptors (Lipinski definition) is 12. The Kier molecular flexibility index (Phi) is 28.6. The van der Waals surface area contributed by atoms with Crippen LogP contribution >= 0.6 is 0 Å². The Morgan fingerprint density at radius 1 is 0.416 bits per heavy atom. The van der Waals surface area contributed by atoms with Crippen molar-refractivity contribution in [1.29, 1.82) is 0 Å². The zero-order valence-corrected chi connectivity index (χ0v) is 72.8. The molecule has 28 atom stereocenters. The van der Waals surface area contributed by atoms with Crippen LogP contribution in [-0.2, 0) is 33.4 Å². The molecule has 0 amide bonds. The van der Waals surface area contributed by atoms with E-state index >= 15 is 0 Å². The maximum absolute atomic E-state index is 12.0. The molecule has 0 spiro atoms. The highest BCUT2D eigenvalue weighted by atomic mass is 16.5. The topological polar surface area (TPSA) is 182 Å². The number of aliphatic hydroxyl groups is 3. The molecule has 2 aromatic rings. The highest BCUT2D eigenvalue weighted by molar-refractivity contribution is 5.66. The summed E-state index contributed by atoms with van der Waals surface area (Å²) in [5, 5.41) is 31.1. The number of ether oxygens (including phenoxy) is 3. The molecule has 0 radical (unpaired) electrons. The van der Waals surface area contributed by atoms with E-state index in [4.69, 9.17) is 14.2 Å². The fourth-order valence-corrected chi connectivity index (χ4v) is 28.1. The van der Waals surface area contributed by atoms with E-state index in [0.29, 0.717) is 120 Å². The monoisotopic (exact) mass is 1550 g/mol. The number of aliphatic hydroxyl groups excluding tert-OH is 3. The molecular formula is C101H152N2O10. The van der Waals surface area contributed by atoms with E-state index in [1.165, 1.54) is 132 Å². The summed E-state index contributed by atoms with van der Waals surface area (Å²) < 4.78 is 16.9. The van der Waals surface area contributed by atoms with Gasteiger partial charge in [-0.25, -0.2) is 0 Å². The molecule has 12 aliphatic rings. The summed E-state index contributed by atoms with van der Waals surface area (Å²) in [7, 11) is 0. The van der Waals surface area contributed by atoms with Gasteiger partial charge in [-0.05, 0) is 329 Å². The van der Waals surface area contributed by atoms with Crippen LogP contribution in [0.3, 0.4) is 0 Å². The van der Waals surface area contributed by atoms with Gasteiger partial charge < -0.3 is 34.3 Å². The lowest BCUT2D eigenvalue weighted by molar-refractivity contribution is -0.150. The Labute approximate surface area is 683 Å². The number of pyridine rings is 2. The predicted molar refractivity (Wildman–Crippen MR) is 457 cm³/mol. The van der Waals surface area contributed by atoms with Crippen LogP contribution in [0, 0.1) is 156 Å².